The van der Waals surface area contributed by atoms with Crippen molar-refractivity contribution in [1.29, 1.82) is 0 Å². The second-order valence-electron chi connectivity index (χ2n) is 6.83. The molecule has 2 saturated heterocycles. The molecule has 2 heterocycles. The summed E-state index contributed by atoms with van der Waals surface area (Å²) >= 11 is 0. The van der Waals surface area contributed by atoms with Crippen LogP contribution < -0.4 is 5.32 Å². The van der Waals surface area contributed by atoms with Gasteiger partial charge in [-0.05, 0) is 51.9 Å². The lowest BCUT2D eigenvalue weighted by Crippen LogP contribution is -2.51. The van der Waals surface area contributed by atoms with Crippen molar-refractivity contribution >= 4 is 0 Å². The number of aliphatic hydroxyl groups is 1. The quantitative estimate of drug-likeness (QED) is 0.771. The number of hydrogen-bond donors (Lipinski definition) is 2. The van der Waals surface area contributed by atoms with Gasteiger partial charge in [0.1, 0.15) is 0 Å². The van der Waals surface area contributed by atoms with Crippen LogP contribution in [-0.4, -0.2) is 72.4 Å². The topological polar surface area (TPSA) is 38.7 Å². The summed E-state index contributed by atoms with van der Waals surface area (Å²) in [5, 5.41) is 12.9. The summed E-state index contributed by atoms with van der Waals surface area (Å²) in [6.45, 7) is 10.5. The van der Waals surface area contributed by atoms with Crippen LogP contribution >= 0.6 is 0 Å². The number of hydrogen-bond acceptors (Lipinski definition) is 4. The van der Waals surface area contributed by atoms with E-state index in [1.165, 1.54) is 58.3 Å². The van der Waals surface area contributed by atoms with E-state index in [1.807, 2.05) is 0 Å². The van der Waals surface area contributed by atoms with E-state index in [-0.39, 0.29) is 12.6 Å². The molecular formula is C16H33N3O. The minimum Gasteiger partial charge on any atom is -0.395 e. The van der Waals surface area contributed by atoms with Gasteiger partial charge in [-0.15, -0.1) is 0 Å². The standard InChI is InChI=1S/C16H33N3O/c1-14(2)17-15(13-20)12-18-10-6-16(7-11-18)19-8-4-3-5-9-19/h14-17,20H,3-13H2,1-2H3. The number of nitrogens with zero attached hydrogens (tertiary/aromatic N) is 2. The Bertz CT molecular complexity index is 258. The van der Waals surface area contributed by atoms with Crippen molar-refractivity contribution in [2.24, 2.45) is 0 Å². The van der Waals surface area contributed by atoms with Crippen LogP contribution in [0, 0.1) is 0 Å². The zero-order chi connectivity index (χ0) is 14.4. The summed E-state index contributed by atoms with van der Waals surface area (Å²) in [6, 6.07) is 1.48. The molecule has 0 radical (unpaired) electrons. The molecule has 0 amide bonds. The van der Waals surface area contributed by atoms with E-state index in [2.05, 4.69) is 29.0 Å². The fourth-order valence-electron chi connectivity index (χ4n) is 3.70. The molecule has 4 heteroatoms. The number of piperidine rings is 2. The monoisotopic (exact) mass is 283 g/mol. The van der Waals surface area contributed by atoms with Crippen molar-refractivity contribution in [2.45, 2.75) is 64.1 Å². The molecule has 2 fully saturated rings. The van der Waals surface area contributed by atoms with E-state index in [9.17, 15) is 5.11 Å². The van der Waals surface area contributed by atoms with Gasteiger partial charge in [-0.25, -0.2) is 0 Å². The molecule has 20 heavy (non-hydrogen) atoms. The molecule has 0 spiro atoms. The van der Waals surface area contributed by atoms with Crippen molar-refractivity contribution in [3.05, 3.63) is 0 Å². The minimum absolute atomic E-state index is 0.224. The summed E-state index contributed by atoms with van der Waals surface area (Å²) < 4.78 is 0. The van der Waals surface area contributed by atoms with E-state index in [0.717, 1.165) is 12.6 Å². The molecule has 0 saturated carbocycles. The lowest BCUT2D eigenvalue weighted by molar-refractivity contribution is 0.0818. The van der Waals surface area contributed by atoms with E-state index in [4.69, 9.17) is 0 Å². The zero-order valence-electron chi connectivity index (χ0n) is 13.4. The third-order valence-corrected chi connectivity index (χ3v) is 4.73. The van der Waals surface area contributed by atoms with E-state index in [0.29, 0.717) is 6.04 Å². The van der Waals surface area contributed by atoms with Crippen molar-refractivity contribution in [3.63, 3.8) is 0 Å². The number of nitrogens with one attached hydrogen (secondary N) is 1. The molecule has 2 aliphatic rings. The highest BCUT2D eigenvalue weighted by Gasteiger charge is 2.26. The van der Waals surface area contributed by atoms with Crippen molar-refractivity contribution in [1.82, 2.24) is 15.1 Å². The highest BCUT2D eigenvalue weighted by Crippen LogP contribution is 2.20. The Morgan fingerprint density at radius 1 is 1.05 bits per heavy atom. The SMILES string of the molecule is CC(C)NC(CO)CN1CCC(N2CCCCC2)CC1. The largest absolute Gasteiger partial charge is 0.395 e. The maximum atomic E-state index is 9.46. The van der Waals surface area contributed by atoms with Gasteiger partial charge in [-0.1, -0.05) is 20.3 Å². The second kappa shape index (κ2) is 8.32. The van der Waals surface area contributed by atoms with Crippen LogP contribution in [-0.2, 0) is 0 Å². The van der Waals surface area contributed by atoms with Crippen LogP contribution in [0.15, 0.2) is 0 Å². The normalized spacial score (nSPS) is 25.2. The van der Waals surface area contributed by atoms with Gasteiger partial charge in [-0.2, -0.15) is 0 Å². The molecule has 1 unspecified atom stereocenters. The van der Waals surface area contributed by atoms with Crippen molar-refractivity contribution < 1.29 is 5.11 Å². The predicted molar refractivity (Wildman–Crippen MR) is 84.0 cm³/mol. The van der Waals surface area contributed by atoms with Gasteiger partial charge in [0.25, 0.3) is 0 Å². The molecule has 0 aromatic heterocycles. The minimum atomic E-state index is 0.224. The average molecular weight is 283 g/mol. The Kier molecular flexibility index (Phi) is 6.75. The smallest absolute Gasteiger partial charge is 0.0597 e. The second-order valence-corrected chi connectivity index (χ2v) is 6.83. The van der Waals surface area contributed by atoms with Gasteiger partial charge in [0.15, 0.2) is 0 Å². The van der Waals surface area contributed by atoms with Gasteiger partial charge in [0.05, 0.1) is 6.61 Å². The highest BCUT2D eigenvalue weighted by molar-refractivity contribution is 4.83. The van der Waals surface area contributed by atoms with Crippen LogP contribution in [0.25, 0.3) is 0 Å². The summed E-state index contributed by atoms with van der Waals surface area (Å²) in [7, 11) is 0. The Morgan fingerprint density at radius 3 is 2.25 bits per heavy atom. The van der Waals surface area contributed by atoms with Crippen molar-refractivity contribution in [2.75, 3.05) is 39.3 Å². The first-order valence-electron chi connectivity index (χ1n) is 8.52. The molecule has 2 N–H and O–H groups in total. The molecule has 0 aliphatic carbocycles. The molecule has 1 atom stereocenters. The zero-order valence-corrected chi connectivity index (χ0v) is 13.4. The number of likely N-dealkylation sites (tertiary alicyclic amines) is 2. The maximum absolute atomic E-state index is 9.46. The fourth-order valence-corrected chi connectivity index (χ4v) is 3.70. The van der Waals surface area contributed by atoms with Gasteiger partial charge < -0.3 is 20.2 Å². The summed E-state index contributed by atoms with van der Waals surface area (Å²) in [5.41, 5.74) is 0. The lowest BCUT2D eigenvalue weighted by Gasteiger charge is -2.41. The molecule has 2 aliphatic heterocycles. The van der Waals surface area contributed by atoms with Crippen LogP contribution in [0.4, 0.5) is 0 Å². The van der Waals surface area contributed by atoms with Crippen LogP contribution in [0.1, 0.15) is 46.0 Å². The fraction of sp³-hybridized carbons (Fsp3) is 1.00. The van der Waals surface area contributed by atoms with E-state index < -0.39 is 0 Å². The van der Waals surface area contributed by atoms with Crippen LogP contribution in [0.2, 0.25) is 0 Å². The third kappa shape index (κ3) is 4.99. The predicted octanol–water partition coefficient (Wildman–Crippen LogP) is 1.30. The first-order valence-corrected chi connectivity index (χ1v) is 8.52. The van der Waals surface area contributed by atoms with Crippen molar-refractivity contribution in [3.8, 4) is 0 Å². The summed E-state index contributed by atoms with van der Waals surface area (Å²) in [6.07, 6.45) is 6.82. The van der Waals surface area contributed by atoms with Crippen LogP contribution in [0.5, 0.6) is 0 Å². The molecule has 0 aromatic rings. The van der Waals surface area contributed by atoms with Gasteiger partial charge in [-0.3, -0.25) is 0 Å². The van der Waals surface area contributed by atoms with Gasteiger partial charge in [0.2, 0.25) is 0 Å². The summed E-state index contributed by atoms with van der Waals surface area (Å²) in [5.74, 6) is 0. The third-order valence-electron chi connectivity index (χ3n) is 4.73. The molecule has 4 nitrogen and oxygen atoms in total. The molecular weight excluding hydrogens is 250 g/mol. The number of rotatable bonds is 6. The molecule has 2 rings (SSSR count). The molecule has 118 valence electrons. The lowest BCUT2D eigenvalue weighted by atomic mass is 9.99. The first-order chi connectivity index (χ1) is 9.69. The Hall–Kier alpha value is -0.160. The van der Waals surface area contributed by atoms with Crippen LogP contribution in [0.3, 0.4) is 0 Å². The van der Waals surface area contributed by atoms with Gasteiger partial charge in [0, 0.05) is 24.7 Å². The summed E-state index contributed by atoms with van der Waals surface area (Å²) in [4.78, 5) is 5.24. The number of aliphatic hydroxyl groups excluding tert-OH is 1. The Balaban J connectivity index is 1.70. The Morgan fingerprint density at radius 2 is 1.70 bits per heavy atom. The Labute approximate surface area is 124 Å². The average Bonchev–Trinajstić information content (AvgIpc) is 2.48. The van der Waals surface area contributed by atoms with Gasteiger partial charge >= 0.3 is 0 Å². The molecule has 0 bridgehead atoms. The maximum Gasteiger partial charge on any atom is 0.0597 e. The molecule has 0 aromatic carbocycles. The van der Waals surface area contributed by atoms with E-state index in [1.54, 1.807) is 0 Å². The first kappa shape index (κ1) is 16.2. The van der Waals surface area contributed by atoms with E-state index >= 15 is 0 Å². The highest BCUT2D eigenvalue weighted by atomic mass is 16.3.